The third-order valence-corrected chi connectivity index (χ3v) is 4.96. The molecule has 1 aromatic heterocycles. The number of halogens is 6. The summed E-state index contributed by atoms with van der Waals surface area (Å²) >= 11 is 0. The lowest BCUT2D eigenvalue weighted by atomic mass is 9.89. The van der Waals surface area contributed by atoms with E-state index in [0.717, 1.165) is 31.3 Å². The first-order chi connectivity index (χ1) is 16.9. The fourth-order valence-corrected chi connectivity index (χ4v) is 3.16. The first kappa shape index (κ1) is 29.3. The minimum Gasteiger partial charge on any atom is -0.436 e. The Morgan fingerprint density at radius 1 is 1.11 bits per heavy atom. The maximum atomic E-state index is 14.3. The molecule has 1 heterocycles. The number of nitrogens with one attached hydrogen (secondary N) is 2. The van der Waals surface area contributed by atoms with Crippen LogP contribution in [0.2, 0.25) is 0 Å². The summed E-state index contributed by atoms with van der Waals surface area (Å²) in [7, 11) is 0. The van der Waals surface area contributed by atoms with Crippen molar-refractivity contribution in [3.05, 3.63) is 41.2 Å². The van der Waals surface area contributed by atoms with E-state index >= 15 is 0 Å². The SMILES string of the molecule is CC(=O)NCC(OC(=O)C(F)(F)F)(c1ccc(C)c(-c2cnc(N)c(C(=O)NC(C)C)n2)c1)C(F)(F)F. The van der Waals surface area contributed by atoms with Gasteiger partial charge in [-0.3, -0.25) is 9.59 Å². The maximum absolute atomic E-state index is 14.3. The van der Waals surface area contributed by atoms with Gasteiger partial charge in [0.05, 0.1) is 18.4 Å². The molecule has 0 radical (unpaired) electrons. The highest BCUT2D eigenvalue weighted by Crippen LogP contribution is 2.44. The normalized spacial score (nSPS) is 13.6. The van der Waals surface area contributed by atoms with Gasteiger partial charge in [0.25, 0.3) is 5.91 Å². The van der Waals surface area contributed by atoms with Gasteiger partial charge in [-0.25, -0.2) is 14.8 Å². The molecule has 2 rings (SSSR count). The average molecular weight is 535 g/mol. The fraction of sp³-hybridized carbons (Fsp3) is 0.409. The Balaban J connectivity index is 2.76. The third-order valence-electron chi connectivity index (χ3n) is 4.96. The Bertz CT molecular complexity index is 1200. The highest BCUT2D eigenvalue weighted by molar-refractivity contribution is 5.97. The van der Waals surface area contributed by atoms with Gasteiger partial charge in [0, 0.05) is 24.1 Å². The monoisotopic (exact) mass is 535 g/mol. The molecule has 0 aliphatic carbocycles. The van der Waals surface area contributed by atoms with Crippen LogP contribution in [0, 0.1) is 6.92 Å². The summed E-state index contributed by atoms with van der Waals surface area (Å²) in [6.07, 6.45) is -10.3. The zero-order valence-electron chi connectivity index (χ0n) is 20.0. The number of esters is 1. The summed E-state index contributed by atoms with van der Waals surface area (Å²) in [5, 5.41) is 4.31. The summed E-state index contributed by atoms with van der Waals surface area (Å²) in [4.78, 5) is 43.3. The first-order valence-electron chi connectivity index (χ1n) is 10.5. The maximum Gasteiger partial charge on any atom is 0.490 e. The third kappa shape index (κ3) is 6.65. The summed E-state index contributed by atoms with van der Waals surface area (Å²) in [5.41, 5.74) is 0.580. The highest BCUT2D eigenvalue weighted by Gasteiger charge is 2.62. The first-order valence-corrected chi connectivity index (χ1v) is 10.5. The Kier molecular flexibility index (Phi) is 8.40. The van der Waals surface area contributed by atoms with Crippen molar-refractivity contribution in [2.45, 2.75) is 51.7 Å². The number of rotatable bonds is 7. The smallest absolute Gasteiger partial charge is 0.436 e. The predicted octanol–water partition coefficient (Wildman–Crippen LogP) is 3.17. The number of hydrogen-bond acceptors (Lipinski definition) is 7. The predicted molar refractivity (Wildman–Crippen MR) is 118 cm³/mol. The van der Waals surface area contributed by atoms with Crippen LogP contribution in [0.25, 0.3) is 11.3 Å². The van der Waals surface area contributed by atoms with E-state index in [1.807, 2.05) is 0 Å². The number of nitrogens with two attached hydrogens (primary N) is 1. The number of nitrogen functional groups attached to an aromatic ring is 1. The van der Waals surface area contributed by atoms with Crippen LogP contribution in [-0.2, 0) is 19.9 Å². The van der Waals surface area contributed by atoms with Gasteiger partial charge >= 0.3 is 18.3 Å². The van der Waals surface area contributed by atoms with Crippen molar-refractivity contribution in [1.29, 1.82) is 0 Å². The van der Waals surface area contributed by atoms with Crippen molar-refractivity contribution < 1.29 is 45.5 Å². The van der Waals surface area contributed by atoms with Crippen molar-refractivity contribution in [2.75, 3.05) is 12.3 Å². The number of carbonyl (C=O) groups excluding carboxylic acids is 3. The van der Waals surface area contributed by atoms with Crippen LogP contribution < -0.4 is 16.4 Å². The molecule has 1 aromatic carbocycles. The second kappa shape index (κ2) is 10.6. The molecule has 37 heavy (non-hydrogen) atoms. The van der Waals surface area contributed by atoms with Gasteiger partial charge in [-0.2, -0.15) is 26.3 Å². The van der Waals surface area contributed by atoms with Crippen molar-refractivity contribution >= 4 is 23.6 Å². The molecular weight excluding hydrogens is 512 g/mol. The Hall–Kier alpha value is -3.91. The molecule has 0 fully saturated rings. The van der Waals surface area contributed by atoms with Gasteiger partial charge in [-0.1, -0.05) is 12.1 Å². The number of benzene rings is 1. The molecule has 15 heteroatoms. The van der Waals surface area contributed by atoms with E-state index in [4.69, 9.17) is 5.73 Å². The average Bonchev–Trinajstić information content (AvgIpc) is 2.75. The standard InChI is InChI=1S/C22H23F6N5O4/c1-10(2)32-18(35)16-17(29)30-8-15(33-16)14-7-13(6-5-11(14)3)20(22(26,27)28,9-31-12(4)34)37-19(36)21(23,24)25/h5-8,10H,9H2,1-4H3,(H2,29,30)(H,31,34)(H,32,35). The number of aryl methyl sites for hydroxylation is 1. The van der Waals surface area contributed by atoms with Gasteiger partial charge in [0.2, 0.25) is 11.5 Å². The summed E-state index contributed by atoms with van der Waals surface area (Å²) in [5.74, 6) is -5.12. The number of anilines is 1. The number of ether oxygens (including phenoxy) is 1. The van der Waals surface area contributed by atoms with E-state index in [0.29, 0.717) is 0 Å². The lowest BCUT2D eigenvalue weighted by Gasteiger charge is -2.36. The lowest BCUT2D eigenvalue weighted by Crippen LogP contribution is -2.55. The molecule has 1 atom stereocenters. The van der Waals surface area contributed by atoms with E-state index < -0.39 is 47.8 Å². The molecule has 0 aliphatic rings. The zero-order chi connectivity index (χ0) is 28.3. The van der Waals surface area contributed by atoms with Crippen molar-refractivity contribution in [3.63, 3.8) is 0 Å². The van der Waals surface area contributed by atoms with Gasteiger partial charge in [0.1, 0.15) is 0 Å². The quantitative estimate of drug-likeness (QED) is 0.366. The molecule has 0 aliphatic heterocycles. The van der Waals surface area contributed by atoms with Crippen molar-refractivity contribution in [2.24, 2.45) is 0 Å². The van der Waals surface area contributed by atoms with Crippen LogP contribution in [0.1, 0.15) is 42.4 Å². The molecular formula is C22H23F6N5O4. The molecule has 202 valence electrons. The minimum absolute atomic E-state index is 0.0805. The summed E-state index contributed by atoms with van der Waals surface area (Å²) < 4.78 is 85.9. The van der Waals surface area contributed by atoms with Gasteiger partial charge in [0.15, 0.2) is 11.5 Å². The number of amides is 2. The van der Waals surface area contributed by atoms with Gasteiger partial charge in [-0.05, 0) is 32.4 Å². The molecule has 2 aromatic rings. The minimum atomic E-state index is -5.76. The Labute approximate surface area is 206 Å². The van der Waals surface area contributed by atoms with Crippen molar-refractivity contribution in [3.8, 4) is 11.3 Å². The number of hydrogen-bond donors (Lipinski definition) is 3. The summed E-state index contributed by atoms with van der Waals surface area (Å²) in [6, 6.07) is 2.40. The second-order valence-corrected chi connectivity index (χ2v) is 8.27. The Morgan fingerprint density at radius 3 is 2.24 bits per heavy atom. The van der Waals surface area contributed by atoms with Crippen LogP contribution >= 0.6 is 0 Å². The number of carbonyl (C=O) groups is 3. The molecule has 0 saturated heterocycles. The van der Waals surface area contributed by atoms with Crippen LogP contribution in [0.5, 0.6) is 0 Å². The fourth-order valence-electron chi connectivity index (χ4n) is 3.16. The van der Waals surface area contributed by atoms with Crippen LogP contribution in [0.15, 0.2) is 24.4 Å². The lowest BCUT2D eigenvalue weighted by molar-refractivity contribution is -0.288. The molecule has 9 nitrogen and oxygen atoms in total. The van der Waals surface area contributed by atoms with E-state index in [9.17, 15) is 40.7 Å². The van der Waals surface area contributed by atoms with E-state index in [2.05, 4.69) is 20.0 Å². The van der Waals surface area contributed by atoms with E-state index in [-0.39, 0.29) is 34.4 Å². The zero-order valence-corrected chi connectivity index (χ0v) is 20.0. The molecule has 2 amide bonds. The summed E-state index contributed by atoms with van der Waals surface area (Å²) in [6.45, 7) is 4.06. The largest absolute Gasteiger partial charge is 0.490 e. The number of nitrogens with zero attached hydrogens (tertiary/aromatic N) is 2. The Morgan fingerprint density at radius 2 is 1.73 bits per heavy atom. The molecule has 0 spiro atoms. The highest BCUT2D eigenvalue weighted by atomic mass is 19.4. The van der Waals surface area contributed by atoms with E-state index in [1.54, 1.807) is 19.2 Å². The molecule has 4 N–H and O–H groups in total. The molecule has 1 unspecified atom stereocenters. The number of alkyl halides is 6. The van der Waals surface area contributed by atoms with Crippen molar-refractivity contribution in [1.82, 2.24) is 20.6 Å². The van der Waals surface area contributed by atoms with Crippen LogP contribution in [0.4, 0.5) is 32.2 Å². The molecule has 0 saturated carbocycles. The topological polar surface area (TPSA) is 136 Å². The second-order valence-electron chi connectivity index (χ2n) is 8.27. The van der Waals surface area contributed by atoms with Crippen LogP contribution in [-0.4, -0.2) is 52.7 Å². The molecule has 0 bridgehead atoms. The van der Waals surface area contributed by atoms with Gasteiger partial charge in [-0.15, -0.1) is 0 Å². The number of aromatic nitrogens is 2. The van der Waals surface area contributed by atoms with Gasteiger partial charge < -0.3 is 21.1 Å². The van der Waals surface area contributed by atoms with Crippen LogP contribution in [0.3, 0.4) is 0 Å². The van der Waals surface area contributed by atoms with E-state index in [1.165, 1.54) is 6.92 Å².